The van der Waals surface area contributed by atoms with Crippen molar-refractivity contribution in [3.8, 4) is 11.5 Å². The van der Waals surface area contributed by atoms with E-state index < -0.39 is 0 Å². The van der Waals surface area contributed by atoms with E-state index in [1.165, 1.54) is 0 Å². The van der Waals surface area contributed by atoms with E-state index >= 15 is 0 Å². The zero-order valence-corrected chi connectivity index (χ0v) is 14.5. The van der Waals surface area contributed by atoms with Crippen molar-refractivity contribution in [3.63, 3.8) is 0 Å². The van der Waals surface area contributed by atoms with Crippen LogP contribution in [0, 0.1) is 0 Å². The molecule has 0 saturated carbocycles. The van der Waals surface area contributed by atoms with Gasteiger partial charge in [0.15, 0.2) is 0 Å². The molecule has 0 N–H and O–H groups in total. The quantitative estimate of drug-likeness (QED) is 0.520. The molecule has 0 aliphatic heterocycles. The number of esters is 1. The molecule has 3 nitrogen and oxygen atoms in total. The summed E-state index contributed by atoms with van der Waals surface area (Å²) in [5.74, 6) is 1.13. The Kier molecular flexibility index (Phi) is 5.61. The first kappa shape index (κ1) is 16.6. The smallest absolute Gasteiger partial charge is 0.338 e. The van der Waals surface area contributed by atoms with Gasteiger partial charge in [0, 0.05) is 4.83 Å². The molecule has 0 aromatic heterocycles. The summed E-state index contributed by atoms with van der Waals surface area (Å²) in [6.07, 6.45) is -0.147. The molecule has 0 radical (unpaired) electrons. The van der Waals surface area contributed by atoms with Gasteiger partial charge in [0.05, 0.1) is 11.7 Å². The number of hydrogen-bond donors (Lipinski definition) is 0. The monoisotopic (exact) mass is 362 g/mol. The second kappa shape index (κ2) is 7.45. The van der Waals surface area contributed by atoms with E-state index in [0.717, 1.165) is 11.3 Å². The average molecular weight is 363 g/mol. The fraction of sp³-hybridized carbons (Fsp3) is 0.278. The van der Waals surface area contributed by atoms with Crippen molar-refractivity contribution in [2.45, 2.75) is 31.7 Å². The molecule has 2 rings (SSSR count). The molecular formula is C18H19BrO3. The summed E-state index contributed by atoms with van der Waals surface area (Å²) in [7, 11) is 0. The van der Waals surface area contributed by atoms with Crippen molar-refractivity contribution in [1.29, 1.82) is 0 Å². The number of halogens is 1. The van der Waals surface area contributed by atoms with E-state index in [2.05, 4.69) is 15.9 Å². The Balaban J connectivity index is 2.29. The van der Waals surface area contributed by atoms with E-state index in [1.807, 2.05) is 57.2 Å². The van der Waals surface area contributed by atoms with Gasteiger partial charge in [0.25, 0.3) is 0 Å². The highest BCUT2D eigenvalue weighted by molar-refractivity contribution is 9.09. The van der Waals surface area contributed by atoms with Gasteiger partial charge in [-0.2, -0.15) is 0 Å². The maximum absolute atomic E-state index is 12.2. The van der Waals surface area contributed by atoms with Gasteiger partial charge in [-0.15, -0.1) is 0 Å². The average Bonchev–Trinajstić information content (AvgIpc) is 2.47. The number of alkyl halides is 1. The van der Waals surface area contributed by atoms with Gasteiger partial charge in [-0.25, -0.2) is 4.79 Å². The Hall–Kier alpha value is -1.81. The molecule has 0 bridgehead atoms. The van der Waals surface area contributed by atoms with Gasteiger partial charge < -0.3 is 9.47 Å². The highest BCUT2D eigenvalue weighted by Gasteiger charge is 2.18. The summed E-state index contributed by atoms with van der Waals surface area (Å²) in [5.41, 5.74) is 1.40. The number of ether oxygens (including phenoxy) is 2. The number of para-hydroxylation sites is 1. The minimum Gasteiger partial charge on any atom is -0.459 e. The Morgan fingerprint density at radius 1 is 1.00 bits per heavy atom. The lowest BCUT2D eigenvalue weighted by Crippen LogP contribution is -2.13. The number of benzene rings is 2. The summed E-state index contributed by atoms with van der Waals surface area (Å²) in [6.45, 7) is 5.64. The minimum atomic E-state index is -0.317. The summed E-state index contributed by atoms with van der Waals surface area (Å²) in [5, 5.41) is 0. The zero-order chi connectivity index (χ0) is 16.1. The Morgan fingerprint density at radius 3 is 2.27 bits per heavy atom. The lowest BCUT2D eigenvalue weighted by atomic mass is 10.0. The maximum Gasteiger partial charge on any atom is 0.338 e. The largest absolute Gasteiger partial charge is 0.459 e. The van der Waals surface area contributed by atoms with Crippen LogP contribution in [-0.2, 0) is 4.74 Å². The van der Waals surface area contributed by atoms with Crippen LogP contribution < -0.4 is 4.74 Å². The SMILES string of the molecule is CC(C)OC(=O)c1ccc(Oc2ccccc2)cc1C(C)Br. The highest BCUT2D eigenvalue weighted by Crippen LogP contribution is 2.31. The van der Waals surface area contributed by atoms with Gasteiger partial charge in [-0.3, -0.25) is 0 Å². The molecule has 0 saturated heterocycles. The van der Waals surface area contributed by atoms with Crippen LogP contribution in [0.15, 0.2) is 48.5 Å². The van der Waals surface area contributed by atoms with Gasteiger partial charge >= 0.3 is 5.97 Å². The number of carbonyl (C=O) groups is 1. The molecule has 0 amide bonds. The molecule has 0 aliphatic rings. The molecule has 4 heteroatoms. The van der Waals surface area contributed by atoms with Gasteiger partial charge in [0.2, 0.25) is 0 Å². The molecule has 0 heterocycles. The van der Waals surface area contributed by atoms with Crippen molar-refractivity contribution in [1.82, 2.24) is 0 Å². The lowest BCUT2D eigenvalue weighted by Gasteiger charge is -2.15. The molecule has 1 unspecified atom stereocenters. The first-order valence-electron chi connectivity index (χ1n) is 7.19. The third kappa shape index (κ3) is 4.34. The van der Waals surface area contributed by atoms with Crippen LogP contribution in [0.4, 0.5) is 0 Å². The van der Waals surface area contributed by atoms with Gasteiger partial charge in [-0.05, 0) is 56.7 Å². The van der Waals surface area contributed by atoms with Crippen molar-refractivity contribution in [3.05, 3.63) is 59.7 Å². The van der Waals surface area contributed by atoms with Crippen LogP contribution in [0.25, 0.3) is 0 Å². The molecule has 0 aliphatic carbocycles. The number of rotatable bonds is 5. The van der Waals surface area contributed by atoms with Crippen LogP contribution in [0.5, 0.6) is 11.5 Å². The Labute approximate surface area is 139 Å². The molecule has 116 valence electrons. The predicted molar refractivity (Wildman–Crippen MR) is 90.9 cm³/mol. The first-order valence-corrected chi connectivity index (χ1v) is 8.11. The summed E-state index contributed by atoms with van der Waals surface area (Å²) < 4.78 is 11.1. The van der Waals surface area contributed by atoms with Gasteiger partial charge in [0.1, 0.15) is 11.5 Å². The van der Waals surface area contributed by atoms with Crippen molar-refractivity contribution in [2.24, 2.45) is 0 Å². The fourth-order valence-corrected chi connectivity index (χ4v) is 2.40. The number of hydrogen-bond acceptors (Lipinski definition) is 3. The topological polar surface area (TPSA) is 35.5 Å². The normalized spacial score (nSPS) is 12.0. The molecular weight excluding hydrogens is 344 g/mol. The van der Waals surface area contributed by atoms with Crippen LogP contribution in [0.3, 0.4) is 0 Å². The Bertz CT molecular complexity index is 636. The maximum atomic E-state index is 12.2. The fourth-order valence-electron chi connectivity index (χ4n) is 2.02. The van der Waals surface area contributed by atoms with Crippen LogP contribution in [-0.4, -0.2) is 12.1 Å². The van der Waals surface area contributed by atoms with Gasteiger partial charge in [-0.1, -0.05) is 34.1 Å². The van der Waals surface area contributed by atoms with Crippen molar-refractivity contribution in [2.75, 3.05) is 0 Å². The van der Waals surface area contributed by atoms with Crippen LogP contribution >= 0.6 is 15.9 Å². The van der Waals surface area contributed by atoms with Crippen molar-refractivity contribution < 1.29 is 14.3 Å². The minimum absolute atomic E-state index is 0.0153. The van der Waals surface area contributed by atoms with E-state index in [0.29, 0.717) is 11.3 Å². The third-order valence-electron chi connectivity index (χ3n) is 2.99. The zero-order valence-electron chi connectivity index (χ0n) is 12.9. The van der Waals surface area contributed by atoms with E-state index in [9.17, 15) is 4.79 Å². The van der Waals surface area contributed by atoms with Crippen LogP contribution in [0.1, 0.15) is 41.5 Å². The Morgan fingerprint density at radius 2 is 1.68 bits per heavy atom. The summed E-state index contributed by atoms with van der Waals surface area (Å²) in [4.78, 5) is 12.2. The molecule has 2 aromatic rings. The number of carbonyl (C=O) groups excluding carboxylic acids is 1. The molecule has 2 aromatic carbocycles. The van der Waals surface area contributed by atoms with E-state index in [1.54, 1.807) is 12.1 Å². The van der Waals surface area contributed by atoms with E-state index in [-0.39, 0.29) is 16.9 Å². The summed E-state index contributed by atoms with van der Waals surface area (Å²) in [6, 6.07) is 14.9. The second-order valence-corrected chi connectivity index (χ2v) is 6.61. The van der Waals surface area contributed by atoms with E-state index in [4.69, 9.17) is 9.47 Å². The molecule has 0 fully saturated rings. The lowest BCUT2D eigenvalue weighted by molar-refractivity contribution is 0.0376. The molecule has 22 heavy (non-hydrogen) atoms. The van der Waals surface area contributed by atoms with Crippen LogP contribution in [0.2, 0.25) is 0 Å². The standard InChI is InChI=1S/C18H19BrO3/c1-12(2)21-18(20)16-10-9-15(11-17(16)13(3)19)22-14-7-5-4-6-8-14/h4-13H,1-3H3. The highest BCUT2D eigenvalue weighted by atomic mass is 79.9. The predicted octanol–water partition coefficient (Wildman–Crippen LogP) is 5.50. The van der Waals surface area contributed by atoms with Crippen molar-refractivity contribution >= 4 is 21.9 Å². The second-order valence-electron chi connectivity index (χ2n) is 5.23. The third-order valence-corrected chi connectivity index (χ3v) is 3.49. The summed E-state index contributed by atoms with van der Waals surface area (Å²) >= 11 is 3.52. The first-order chi connectivity index (χ1) is 10.5. The molecule has 1 atom stereocenters. The molecule has 0 spiro atoms.